The van der Waals surface area contributed by atoms with Crippen LogP contribution in [0, 0.1) is 12.7 Å². The number of nitrogens with zero attached hydrogens (tertiary/aromatic N) is 4. The minimum Gasteiger partial charge on any atom is -0.351 e. The zero-order valence-electron chi connectivity index (χ0n) is 17.7. The SMILES string of the molecule is Cc1ccc(S(=O)(=O)Nc2ccnc3c2c(-c2cc4c(ccn4C)cc2F)cn3C)nc1. The van der Waals surface area contributed by atoms with Crippen LogP contribution in [0.25, 0.3) is 33.1 Å². The maximum atomic E-state index is 15.1. The molecular weight excluding hydrogens is 429 g/mol. The molecule has 0 amide bonds. The third-order valence-electron chi connectivity index (χ3n) is 5.53. The van der Waals surface area contributed by atoms with Crippen molar-refractivity contribution in [3.63, 3.8) is 0 Å². The van der Waals surface area contributed by atoms with Crippen molar-refractivity contribution in [2.75, 3.05) is 4.72 Å². The van der Waals surface area contributed by atoms with E-state index in [-0.39, 0.29) is 5.03 Å². The van der Waals surface area contributed by atoms with Crippen molar-refractivity contribution in [3.8, 4) is 11.1 Å². The second-order valence-corrected chi connectivity index (χ2v) is 9.44. The van der Waals surface area contributed by atoms with Crippen LogP contribution in [0.5, 0.6) is 0 Å². The Hall–Kier alpha value is -3.72. The Morgan fingerprint density at radius 2 is 1.81 bits per heavy atom. The Labute approximate surface area is 184 Å². The normalized spacial score (nSPS) is 12.0. The summed E-state index contributed by atoms with van der Waals surface area (Å²) in [5.41, 5.74) is 3.47. The first-order valence-electron chi connectivity index (χ1n) is 9.89. The van der Waals surface area contributed by atoms with Gasteiger partial charge in [0.05, 0.1) is 11.1 Å². The summed E-state index contributed by atoms with van der Waals surface area (Å²) in [6, 6.07) is 9.80. The Morgan fingerprint density at radius 3 is 2.56 bits per heavy atom. The molecule has 9 heteroatoms. The lowest BCUT2D eigenvalue weighted by molar-refractivity contribution is 0.597. The van der Waals surface area contributed by atoms with Crippen molar-refractivity contribution in [1.82, 2.24) is 19.1 Å². The van der Waals surface area contributed by atoms with E-state index in [2.05, 4.69) is 14.7 Å². The number of rotatable bonds is 4. The minimum atomic E-state index is -3.95. The van der Waals surface area contributed by atoms with Crippen LogP contribution >= 0.6 is 0 Å². The highest BCUT2D eigenvalue weighted by molar-refractivity contribution is 7.92. The maximum absolute atomic E-state index is 15.1. The molecule has 0 bridgehead atoms. The summed E-state index contributed by atoms with van der Waals surface area (Å²) in [6.45, 7) is 1.83. The molecule has 1 aromatic carbocycles. The molecule has 0 aliphatic carbocycles. The number of pyridine rings is 2. The van der Waals surface area contributed by atoms with Gasteiger partial charge in [0.1, 0.15) is 11.5 Å². The predicted molar refractivity (Wildman–Crippen MR) is 122 cm³/mol. The van der Waals surface area contributed by atoms with E-state index < -0.39 is 15.8 Å². The minimum absolute atomic E-state index is 0.0954. The summed E-state index contributed by atoms with van der Waals surface area (Å²) in [7, 11) is -0.269. The van der Waals surface area contributed by atoms with E-state index in [1.54, 1.807) is 36.0 Å². The van der Waals surface area contributed by atoms with E-state index in [0.29, 0.717) is 27.8 Å². The topological polar surface area (TPSA) is 81.8 Å². The van der Waals surface area contributed by atoms with Crippen LogP contribution in [0.4, 0.5) is 10.1 Å². The van der Waals surface area contributed by atoms with Gasteiger partial charge in [-0.1, -0.05) is 6.07 Å². The molecule has 4 aromatic heterocycles. The fourth-order valence-corrected chi connectivity index (χ4v) is 4.90. The lowest BCUT2D eigenvalue weighted by atomic mass is 10.0. The summed E-state index contributed by atoms with van der Waals surface area (Å²) >= 11 is 0. The third kappa shape index (κ3) is 3.21. The molecule has 0 atom stereocenters. The van der Waals surface area contributed by atoms with Crippen LogP contribution in [0.2, 0.25) is 0 Å². The first-order chi connectivity index (χ1) is 15.2. The van der Waals surface area contributed by atoms with Crippen molar-refractivity contribution < 1.29 is 12.8 Å². The Kier molecular flexibility index (Phi) is 4.52. The van der Waals surface area contributed by atoms with Gasteiger partial charge in [-0.15, -0.1) is 0 Å². The van der Waals surface area contributed by atoms with Crippen LogP contribution in [0.3, 0.4) is 0 Å². The number of sulfonamides is 1. The van der Waals surface area contributed by atoms with Gasteiger partial charge in [-0.2, -0.15) is 8.42 Å². The molecule has 5 aromatic rings. The summed E-state index contributed by atoms with van der Waals surface area (Å²) in [4.78, 5) is 8.42. The first-order valence-corrected chi connectivity index (χ1v) is 11.4. The van der Waals surface area contributed by atoms with Gasteiger partial charge in [-0.3, -0.25) is 4.72 Å². The smallest absolute Gasteiger partial charge is 0.279 e. The van der Waals surface area contributed by atoms with E-state index in [4.69, 9.17) is 0 Å². The van der Waals surface area contributed by atoms with Crippen LogP contribution < -0.4 is 4.72 Å². The fraction of sp³-hybridized carbons (Fsp3) is 0.130. The average Bonchev–Trinajstić information content (AvgIpc) is 3.28. The number of anilines is 1. The zero-order chi connectivity index (χ0) is 22.6. The van der Waals surface area contributed by atoms with E-state index in [1.165, 1.54) is 24.5 Å². The number of halogens is 1. The maximum Gasteiger partial charge on any atom is 0.279 e. The molecule has 7 nitrogen and oxygen atoms in total. The summed E-state index contributed by atoms with van der Waals surface area (Å²) in [6.07, 6.45) is 6.64. The molecule has 0 saturated heterocycles. The van der Waals surface area contributed by atoms with Gasteiger partial charge in [-0.05, 0) is 42.8 Å². The second-order valence-electron chi connectivity index (χ2n) is 7.81. The van der Waals surface area contributed by atoms with Gasteiger partial charge < -0.3 is 9.13 Å². The molecule has 0 unspecified atom stereocenters. The molecule has 0 fully saturated rings. The van der Waals surface area contributed by atoms with Crippen molar-refractivity contribution >= 4 is 37.6 Å². The lowest BCUT2D eigenvalue weighted by Gasteiger charge is -2.11. The van der Waals surface area contributed by atoms with E-state index in [0.717, 1.165) is 16.5 Å². The number of hydrogen-bond donors (Lipinski definition) is 1. The molecule has 32 heavy (non-hydrogen) atoms. The Balaban J connectivity index is 1.71. The molecule has 0 radical (unpaired) electrons. The molecule has 0 saturated carbocycles. The number of fused-ring (bicyclic) bond motifs is 2. The largest absolute Gasteiger partial charge is 0.351 e. The highest BCUT2D eigenvalue weighted by Gasteiger charge is 2.22. The number of nitrogens with one attached hydrogen (secondary N) is 1. The van der Waals surface area contributed by atoms with Gasteiger partial charge in [0, 0.05) is 60.9 Å². The van der Waals surface area contributed by atoms with Gasteiger partial charge in [0.15, 0.2) is 5.03 Å². The molecular formula is C23H20FN5O2S. The molecule has 162 valence electrons. The summed E-state index contributed by atoms with van der Waals surface area (Å²) in [5, 5.41) is 1.21. The number of aryl methyl sites for hydroxylation is 3. The van der Waals surface area contributed by atoms with E-state index in [9.17, 15) is 8.42 Å². The zero-order valence-corrected chi connectivity index (χ0v) is 18.5. The Bertz CT molecular complexity index is 1600. The predicted octanol–water partition coefficient (Wildman–Crippen LogP) is 4.38. The second kappa shape index (κ2) is 7.16. The number of hydrogen-bond acceptors (Lipinski definition) is 4. The highest BCUT2D eigenvalue weighted by Crippen LogP contribution is 2.37. The van der Waals surface area contributed by atoms with Gasteiger partial charge in [0.25, 0.3) is 10.0 Å². The average molecular weight is 450 g/mol. The fourth-order valence-electron chi connectivity index (χ4n) is 3.90. The first kappa shape index (κ1) is 20.2. The quantitative estimate of drug-likeness (QED) is 0.442. The highest BCUT2D eigenvalue weighted by atomic mass is 32.2. The Morgan fingerprint density at radius 1 is 1.00 bits per heavy atom. The van der Waals surface area contributed by atoms with Crippen molar-refractivity contribution in [3.05, 3.63) is 72.6 Å². The van der Waals surface area contributed by atoms with Crippen LogP contribution in [-0.2, 0) is 24.1 Å². The molecule has 0 aliphatic heterocycles. The summed E-state index contributed by atoms with van der Waals surface area (Å²) in [5.74, 6) is -0.394. The monoisotopic (exact) mass is 449 g/mol. The van der Waals surface area contributed by atoms with Crippen LogP contribution in [0.1, 0.15) is 5.56 Å². The molecule has 0 spiro atoms. The number of aromatic nitrogens is 4. The van der Waals surface area contributed by atoms with E-state index in [1.807, 2.05) is 30.8 Å². The van der Waals surface area contributed by atoms with Gasteiger partial charge in [0.2, 0.25) is 0 Å². The van der Waals surface area contributed by atoms with Crippen LogP contribution in [-0.4, -0.2) is 27.5 Å². The standard InChI is InChI=1S/C23H20FN5O2S/c1-14-4-5-21(26-12-14)32(30,31)27-19-6-8-25-23-22(19)17(13-29(23)3)16-11-20-15(10-18(16)24)7-9-28(20)2/h4-13H,1-3H3,(H,25,27). The summed E-state index contributed by atoms with van der Waals surface area (Å²) < 4.78 is 47.4. The molecule has 4 heterocycles. The number of benzene rings is 1. The van der Waals surface area contributed by atoms with Crippen molar-refractivity contribution in [1.29, 1.82) is 0 Å². The van der Waals surface area contributed by atoms with Crippen molar-refractivity contribution in [2.45, 2.75) is 11.9 Å². The van der Waals surface area contributed by atoms with Crippen LogP contribution in [0.15, 0.2) is 66.2 Å². The van der Waals surface area contributed by atoms with Crippen molar-refractivity contribution in [2.24, 2.45) is 14.1 Å². The lowest BCUT2D eigenvalue weighted by Crippen LogP contribution is -2.14. The molecule has 0 aliphatic rings. The van der Waals surface area contributed by atoms with Gasteiger partial charge in [-0.25, -0.2) is 14.4 Å². The van der Waals surface area contributed by atoms with Gasteiger partial charge >= 0.3 is 0 Å². The van der Waals surface area contributed by atoms with E-state index >= 15 is 4.39 Å². The third-order valence-corrected chi connectivity index (χ3v) is 6.81. The molecule has 5 rings (SSSR count). The molecule has 1 N–H and O–H groups in total.